The molecule has 5 heteroatoms. The lowest BCUT2D eigenvalue weighted by Gasteiger charge is -2.20. The van der Waals surface area contributed by atoms with Gasteiger partial charge in [0.15, 0.2) is 0 Å². The predicted molar refractivity (Wildman–Crippen MR) is 65.9 cm³/mol. The van der Waals surface area contributed by atoms with Crippen molar-refractivity contribution in [3.63, 3.8) is 0 Å². The van der Waals surface area contributed by atoms with Crippen molar-refractivity contribution in [3.05, 3.63) is 46.7 Å². The highest BCUT2D eigenvalue weighted by Crippen LogP contribution is 2.11. The number of hydrazine groups is 1. The zero-order valence-corrected chi connectivity index (χ0v) is 10.0. The summed E-state index contributed by atoms with van der Waals surface area (Å²) in [6.45, 7) is 0.580. The second kappa shape index (κ2) is 4.94. The Morgan fingerprint density at radius 2 is 2.38 bits per heavy atom. The number of aliphatic imine (C=N–C) groups is 1. The van der Waals surface area contributed by atoms with Crippen molar-refractivity contribution in [2.24, 2.45) is 4.99 Å². The molecule has 0 saturated heterocycles. The molecule has 0 fully saturated rings. The first-order chi connectivity index (χ1) is 7.75. The summed E-state index contributed by atoms with van der Waals surface area (Å²) in [5.74, 6) is -0.138. The summed E-state index contributed by atoms with van der Waals surface area (Å²) in [7, 11) is 0. The summed E-state index contributed by atoms with van der Waals surface area (Å²) in [5, 5.41) is 1.68. The summed E-state index contributed by atoms with van der Waals surface area (Å²) in [5.41, 5.74) is 3.37. The SMILES string of the molecule is O=C(NN1C=CN=CC1)c1cccc(Br)c1. The number of hydrogen-bond donors (Lipinski definition) is 1. The first-order valence-electron chi connectivity index (χ1n) is 4.77. The molecule has 1 aliphatic heterocycles. The average molecular weight is 280 g/mol. The second-order valence-corrected chi connectivity index (χ2v) is 4.15. The largest absolute Gasteiger partial charge is 0.286 e. The van der Waals surface area contributed by atoms with Gasteiger partial charge in [0.05, 0.1) is 6.54 Å². The second-order valence-electron chi connectivity index (χ2n) is 3.23. The van der Waals surface area contributed by atoms with Crippen molar-refractivity contribution >= 4 is 28.1 Å². The number of carbonyl (C=O) groups excluding carboxylic acids is 1. The van der Waals surface area contributed by atoms with Crippen LogP contribution >= 0.6 is 15.9 Å². The third-order valence-electron chi connectivity index (χ3n) is 2.05. The lowest BCUT2D eigenvalue weighted by molar-refractivity contribution is 0.0864. The maximum atomic E-state index is 11.8. The fourth-order valence-corrected chi connectivity index (χ4v) is 1.68. The van der Waals surface area contributed by atoms with Crippen LogP contribution in [-0.2, 0) is 0 Å². The molecule has 1 N–H and O–H groups in total. The van der Waals surface area contributed by atoms with E-state index in [2.05, 4.69) is 26.3 Å². The first kappa shape index (κ1) is 10.9. The van der Waals surface area contributed by atoms with E-state index in [1.807, 2.05) is 12.1 Å². The van der Waals surface area contributed by atoms with Crippen LogP contribution in [0, 0.1) is 0 Å². The van der Waals surface area contributed by atoms with Crippen molar-refractivity contribution in [2.75, 3.05) is 6.54 Å². The minimum Gasteiger partial charge on any atom is -0.286 e. The number of nitrogens with zero attached hydrogens (tertiary/aromatic N) is 2. The van der Waals surface area contributed by atoms with E-state index in [9.17, 15) is 4.79 Å². The van der Waals surface area contributed by atoms with Gasteiger partial charge in [-0.2, -0.15) is 0 Å². The Labute approximate surface area is 102 Å². The highest BCUT2D eigenvalue weighted by atomic mass is 79.9. The Balaban J connectivity index is 2.03. The van der Waals surface area contributed by atoms with Gasteiger partial charge in [0.1, 0.15) is 0 Å². The van der Waals surface area contributed by atoms with Crippen LogP contribution in [0.4, 0.5) is 0 Å². The van der Waals surface area contributed by atoms with Crippen LogP contribution in [0.2, 0.25) is 0 Å². The Kier molecular flexibility index (Phi) is 3.36. The fraction of sp³-hybridized carbons (Fsp3) is 0.0909. The van der Waals surface area contributed by atoms with Crippen LogP contribution in [0.25, 0.3) is 0 Å². The average Bonchev–Trinajstić information content (AvgIpc) is 2.30. The van der Waals surface area contributed by atoms with Gasteiger partial charge in [0.2, 0.25) is 0 Å². The summed E-state index contributed by atoms with van der Waals surface area (Å²) >= 11 is 3.33. The maximum Gasteiger partial charge on any atom is 0.269 e. The van der Waals surface area contributed by atoms with E-state index >= 15 is 0 Å². The minimum atomic E-state index is -0.138. The molecular formula is C11H10BrN3O. The van der Waals surface area contributed by atoms with E-state index in [4.69, 9.17) is 0 Å². The molecule has 4 nitrogen and oxygen atoms in total. The van der Waals surface area contributed by atoms with Gasteiger partial charge in [0, 0.05) is 28.7 Å². The molecule has 1 aromatic rings. The van der Waals surface area contributed by atoms with Crippen LogP contribution in [-0.4, -0.2) is 23.7 Å². The van der Waals surface area contributed by atoms with Crippen LogP contribution in [0.5, 0.6) is 0 Å². The van der Waals surface area contributed by atoms with Gasteiger partial charge >= 0.3 is 0 Å². The van der Waals surface area contributed by atoms with Gasteiger partial charge in [-0.3, -0.25) is 20.2 Å². The van der Waals surface area contributed by atoms with Gasteiger partial charge in [0.25, 0.3) is 5.91 Å². The number of amides is 1. The van der Waals surface area contributed by atoms with Crippen molar-refractivity contribution < 1.29 is 4.79 Å². The fourth-order valence-electron chi connectivity index (χ4n) is 1.28. The maximum absolute atomic E-state index is 11.8. The van der Waals surface area contributed by atoms with Gasteiger partial charge in [-0.15, -0.1) is 0 Å². The number of benzene rings is 1. The van der Waals surface area contributed by atoms with Crippen LogP contribution < -0.4 is 5.43 Å². The predicted octanol–water partition coefficient (Wildman–Crippen LogP) is 1.95. The number of rotatable bonds is 2. The molecule has 0 aliphatic carbocycles. The first-order valence-corrected chi connectivity index (χ1v) is 5.56. The Morgan fingerprint density at radius 1 is 1.50 bits per heavy atom. The third kappa shape index (κ3) is 2.70. The highest BCUT2D eigenvalue weighted by molar-refractivity contribution is 9.10. The van der Waals surface area contributed by atoms with Gasteiger partial charge < -0.3 is 0 Å². The van der Waals surface area contributed by atoms with Crippen LogP contribution in [0.3, 0.4) is 0 Å². The Bertz CT molecular complexity index is 456. The summed E-state index contributed by atoms with van der Waals surface area (Å²) < 4.78 is 0.885. The third-order valence-corrected chi connectivity index (χ3v) is 2.54. The van der Waals surface area contributed by atoms with Crippen LogP contribution in [0.1, 0.15) is 10.4 Å². The van der Waals surface area contributed by atoms with Crippen molar-refractivity contribution in [1.82, 2.24) is 10.4 Å². The van der Waals surface area contributed by atoms with Gasteiger partial charge in [-0.05, 0) is 18.2 Å². The minimum absolute atomic E-state index is 0.138. The van der Waals surface area contributed by atoms with E-state index in [-0.39, 0.29) is 5.91 Å². The monoisotopic (exact) mass is 279 g/mol. The van der Waals surface area contributed by atoms with Gasteiger partial charge in [-0.1, -0.05) is 22.0 Å². The lowest BCUT2D eigenvalue weighted by Crippen LogP contribution is -2.40. The molecule has 0 spiro atoms. The molecule has 0 atom stereocenters. The molecular weight excluding hydrogens is 270 g/mol. The van der Waals surface area contributed by atoms with E-state index in [0.29, 0.717) is 12.1 Å². The van der Waals surface area contributed by atoms with Crippen molar-refractivity contribution in [3.8, 4) is 0 Å². The van der Waals surface area contributed by atoms with E-state index < -0.39 is 0 Å². The molecule has 82 valence electrons. The molecule has 0 radical (unpaired) electrons. The quantitative estimate of drug-likeness (QED) is 0.900. The zero-order chi connectivity index (χ0) is 11.4. The van der Waals surface area contributed by atoms with E-state index in [1.54, 1.807) is 35.8 Å². The standard InChI is InChI=1S/C11H10BrN3O/c12-10-3-1-2-9(8-10)11(16)14-15-6-4-13-5-7-15/h1-6,8H,7H2,(H,14,16). The molecule has 2 rings (SSSR count). The number of carbonyl (C=O) groups is 1. The number of hydrogen-bond acceptors (Lipinski definition) is 3. The normalized spacial score (nSPS) is 13.9. The van der Waals surface area contributed by atoms with E-state index in [1.165, 1.54) is 0 Å². The smallest absolute Gasteiger partial charge is 0.269 e. The van der Waals surface area contributed by atoms with Gasteiger partial charge in [-0.25, -0.2) is 0 Å². The molecule has 1 heterocycles. The lowest BCUT2D eigenvalue weighted by atomic mass is 10.2. The molecule has 0 saturated carbocycles. The van der Waals surface area contributed by atoms with Crippen molar-refractivity contribution in [2.45, 2.75) is 0 Å². The molecule has 1 aromatic carbocycles. The summed E-state index contributed by atoms with van der Waals surface area (Å²) in [4.78, 5) is 15.7. The zero-order valence-electron chi connectivity index (χ0n) is 8.43. The summed E-state index contributed by atoms with van der Waals surface area (Å²) in [6.07, 6.45) is 5.07. The highest BCUT2D eigenvalue weighted by Gasteiger charge is 2.08. The Morgan fingerprint density at radius 3 is 3.06 bits per heavy atom. The van der Waals surface area contributed by atoms with Crippen LogP contribution in [0.15, 0.2) is 46.1 Å². The molecule has 1 amide bonds. The Hall–Kier alpha value is -1.62. The molecule has 0 aromatic heterocycles. The topological polar surface area (TPSA) is 44.7 Å². The molecule has 0 bridgehead atoms. The number of halogens is 1. The molecule has 16 heavy (non-hydrogen) atoms. The van der Waals surface area contributed by atoms with Crippen molar-refractivity contribution in [1.29, 1.82) is 0 Å². The summed E-state index contributed by atoms with van der Waals surface area (Å²) in [6, 6.07) is 7.25. The molecule has 0 unspecified atom stereocenters. The van der Waals surface area contributed by atoms with E-state index in [0.717, 1.165) is 4.47 Å². The molecule has 1 aliphatic rings. The number of nitrogens with one attached hydrogen (secondary N) is 1.